The second-order valence-electron chi connectivity index (χ2n) is 10.8. The van der Waals surface area contributed by atoms with E-state index in [0.29, 0.717) is 0 Å². The van der Waals surface area contributed by atoms with E-state index in [1.807, 2.05) is 20.8 Å². The second kappa shape index (κ2) is 9.90. The van der Waals surface area contributed by atoms with Crippen LogP contribution in [-0.2, 0) is 24.1 Å². The highest BCUT2D eigenvalue weighted by atomic mass is 32.2. The number of fused-ring (bicyclic) bond motifs is 1. The molecule has 0 aliphatic rings. The maximum absolute atomic E-state index is 15.3. The summed E-state index contributed by atoms with van der Waals surface area (Å²) in [5, 5.41) is 0.00805. The van der Waals surface area contributed by atoms with E-state index in [9.17, 15) is 26.5 Å². The van der Waals surface area contributed by atoms with Crippen molar-refractivity contribution in [3.63, 3.8) is 0 Å². The van der Waals surface area contributed by atoms with Crippen molar-refractivity contribution >= 4 is 22.4 Å². The summed E-state index contributed by atoms with van der Waals surface area (Å²) in [4.78, 5) is 4.23. The fraction of sp³-hybridized carbons (Fsp3) is 0.480. The smallest absolute Gasteiger partial charge is 0.417 e. The molecule has 4 nitrogen and oxygen atoms in total. The lowest BCUT2D eigenvalue weighted by Crippen LogP contribution is -2.43. The van der Waals surface area contributed by atoms with E-state index in [1.165, 1.54) is 22.9 Å². The zero-order valence-corrected chi connectivity index (χ0v) is 21.6. The van der Waals surface area contributed by atoms with Crippen molar-refractivity contribution in [3.05, 3.63) is 53.5 Å². The summed E-state index contributed by atoms with van der Waals surface area (Å²) in [5.41, 5.74) is -2.39. The Bertz CT molecular complexity index is 1230. The van der Waals surface area contributed by atoms with Crippen LogP contribution in [0.3, 0.4) is 0 Å². The molecule has 0 aliphatic carbocycles. The number of rotatable bonds is 6. The monoisotopic (exact) mass is 533 g/mol. The van der Waals surface area contributed by atoms with Gasteiger partial charge in [0.2, 0.25) is 0 Å². The van der Waals surface area contributed by atoms with Crippen LogP contribution >= 0.6 is 0 Å². The number of nitrogens with zero attached hydrogens (tertiary/aromatic N) is 2. The number of alkyl halides is 5. The molecule has 2 aromatic heterocycles. The third kappa shape index (κ3) is 6.18. The lowest BCUT2D eigenvalue weighted by atomic mass is 9.97. The van der Waals surface area contributed by atoms with Gasteiger partial charge in [0.1, 0.15) is 27.9 Å². The largest absolute Gasteiger partial charge is 0.598 e. The van der Waals surface area contributed by atoms with Crippen molar-refractivity contribution in [2.75, 3.05) is 0 Å². The van der Waals surface area contributed by atoms with Gasteiger partial charge in [-0.05, 0) is 38.3 Å². The van der Waals surface area contributed by atoms with Crippen LogP contribution in [-0.4, -0.2) is 25.3 Å². The summed E-state index contributed by atoms with van der Waals surface area (Å²) < 4.78 is 100. The maximum Gasteiger partial charge on any atom is 0.417 e. The first kappa shape index (κ1) is 28.3. The first-order valence-corrected chi connectivity index (χ1v) is 12.4. The van der Waals surface area contributed by atoms with Gasteiger partial charge in [0.05, 0.1) is 5.56 Å². The Balaban J connectivity index is 2.28. The summed E-state index contributed by atoms with van der Waals surface area (Å²) in [7, 11) is 0. The molecule has 0 fully saturated rings. The number of aromatic nitrogens is 2. The SMILES string of the molecule is CC(C)(C)Cn1cc([C@H](N[S+]([O-])C(C)(C)C)C(F)F)c2cc(F)c(-c3ccccc3C(F)(F)F)nc21. The van der Waals surface area contributed by atoms with E-state index in [4.69, 9.17) is 0 Å². The molecule has 0 bridgehead atoms. The van der Waals surface area contributed by atoms with Crippen molar-refractivity contribution in [3.8, 4) is 11.3 Å². The summed E-state index contributed by atoms with van der Waals surface area (Å²) in [6, 6.07) is 3.69. The molecule has 0 spiro atoms. The summed E-state index contributed by atoms with van der Waals surface area (Å²) in [5.74, 6) is -1.08. The zero-order valence-electron chi connectivity index (χ0n) is 20.8. The normalized spacial score (nSPS) is 15.1. The summed E-state index contributed by atoms with van der Waals surface area (Å²) >= 11 is -1.87. The van der Waals surface area contributed by atoms with Crippen LogP contribution in [0.25, 0.3) is 22.3 Å². The summed E-state index contributed by atoms with van der Waals surface area (Å²) in [6.07, 6.45) is -6.37. The Morgan fingerprint density at radius 1 is 1.06 bits per heavy atom. The molecule has 0 amide bonds. The molecule has 0 saturated heterocycles. The van der Waals surface area contributed by atoms with Gasteiger partial charge in [-0.25, -0.2) is 18.2 Å². The average molecular weight is 534 g/mol. The topological polar surface area (TPSA) is 52.9 Å². The maximum atomic E-state index is 15.3. The minimum atomic E-state index is -4.75. The quantitative estimate of drug-likeness (QED) is 0.268. The molecule has 1 N–H and O–H groups in total. The highest BCUT2D eigenvalue weighted by Crippen LogP contribution is 2.39. The van der Waals surface area contributed by atoms with Crippen molar-refractivity contribution in [1.82, 2.24) is 14.3 Å². The van der Waals surface area contributed by atoms with E-state index in [0.717, 1.165) is 18.2 Å². The average Bonchev–Trinajstić information content (AvgIpc) is 3.04. The lowest BCUT2D eigenvalue weighted by Gasteiger charge is -2.27. The van der Waals surface area contributed by atoms with Crippen LogP contribution in [0.4, 0.5) is 26.3 Å². The number of pyridine rings is 1. The third-order valence-corrected chi connectivity index (χ3v) is 6.92. The van der Waals surface area contributed by atoms with Gasteiger partial charge in [-0.3, -0.25) is 0 Å². The van der Waals surface area contributed by atoms with Crippen molar-refractivity contribution < 1.29 is 30.9 Å². The lowest BCUT2D eigenvalue weighted by molar-refractivity contribution is -0.137. The molecule has 2 heterocycles. The van der Waals surface area contributed by atoms with Crippen molar-refractivity contribution in [1.29, 1.82) is 0 Å². The minimum absolute atomic E-state index is 0.00805. The second-order valence-corrected chi connectivity index (χ2v) is 12.8. The first-order valence-electron chi connectivity index (χ1n) is 11.2. The molecule has 11 heteroatoms. The number of hydrogen-bond acceptors (Lipinski definition) is 3. The van der Waals surface area contributed by atoms with E-state index in [-0.39, 0.29) is 28.6 Å². The number of nitrogens with one attached hydrogen (secondary N) is 1. The Morgan fingerprint density at radius 3 is 2.19 bits per heavy atom. The van der Waals surface area contributed by atoms with Gasteiger partial charge >= 0.3 is 6.18 Å². The molecular weight excluding hydrogens is 504 g/mol. The van der Waals surface area contributed by atoms with Crippen LogP contribution in [0.2, 0.25) is 0 Å². The molecular formula is C25H29F6N3OS. The number of halogens is 6. The molecule has 1 aromatic carbocycles. The molecule has 3 rings (SSSR count). The van der Waals surface area contributed by atoms with Crippen LogP contribution in [0.5, 0.6) is 0 Å². The molecule has 36 heavy (non-hydrogen) atoms. The van der Waals surface area contributed by atoms with E-state index in [1.54, 1.807) is 20.8 Å². The standard InChI is InChI=1S/C25H29F6N3OS/c1-23(2,3)13-34-12-16(20(21(27)28)33-36(35)24(4,5)6)15-11-18(26)19(32-22(15)34)14-9-7-8-10-17(14)25(29,30)31/h7-12,20-21,33H,13H2,1-6H3/t20-,36?/m0/s1. The Morgan fingerprint density at radius 2 is 1.67 bits per heavy atom. The first-order chi connectivity index (χ1) is 16.4. The summed E-state index contributed by atoms with van der Waals surface area (Å²) in [6.45, 7) is 10.8. The zero-order chi connectivity index (χ0) is 27.2. The fourth-order valence-corrected chi connectivity index (χ4v) is 4.57. The van der Waals surface area contributed by atoms with Crippen molar-refractivity contribution in [2.45, 2.75) is 71.5 Å². The van der Waals surface area contributed by atoms with E-state index < -0.39 is 57.4 Å². The van der Waals surface area contributed by atoms with Gasteiger partial charge in [0.25, 0.3) is 6.43 Å². The minimum Gasteiger partial charge on any atom is -0.598 e. The Hall–Kier alpha value is -2.24. The molecule has 3 aromatic rings. The van der Waals surface area contributed by atoms with Gasteiger partial charge in [0.15, 0.2) is 0 Å². The van der Waals surface area contributed by atoms with Gasteiger partial charge in [-0.15, -0.1) is 4.72 Å². The van der Waals surface area contributed by atoms with Gasteiger partial charge in [0, 0.05) is 40.6 Å². The highest BCUT2D eigenvalue weighted by Gasteiger charge is 2.37. The molecule has 0 radical (unpaired) electrons. The van der Waals surface area contributed by atoms with Crippen LogP contribution in [0.1, 0.15) is 58.7 Å². The number of hydrogen-bond donors (Lipinski definition) is 1. The van der Waals surface area contributed by atoms with Crippen molar-refractivity contribution in [2.24, 2.45) is 5.41 Å². The molecule has 2 atom stereocenters. The molecule has 198 valence electrons. The number of benzene rings is 1. The van der Waals surface area contributed by atoms with E-state index in [2.05, 4.69) is 9.71 Å². The predicted octanol–water partition coefficient (Wildman–Crippen LogP) is 7.27. The molecule has 0 aliphatic heterocycles. The van der Waals surface area contributed by atoms with Gasteiger partial charge < -0.3 is 9.12 Å². The fourth-order valence-electron chi connectivity index (χ4n) is 3.76. The van der Waals surface area contributed by atoms with Gasteiger partial charge in [-0.1, -0.05) is 39.0 Å². The van der Waals surface area contributed by atoms with Crippen LogP contribution in [0.15, 0.2) is 36.5 Å². The third-order valence-electron chi connectivity index (χ3n) is 5.34. The highest BCUT2D eigenvalue weighted by molar-refractivity contribution is 7.90. The van der Waals surface area contributed by atoms with Gasteiger partial charge in [-0.2, -0.15) is 13.2 Å². The van der Waals surface area contributed by atoms with Crippen LogP contribution in [0, 0.1) is 11.2 Å². The Kier molecular flexibility index (Phi) is 7.80. The van der Waals surface area contributed by atoms with E-state index >= 15 is 4.39 Å². The predicted molar refractivity (Wildman–Crippen MR) is 129 cm³/mol. The molecule has 1 unspecified atom stereocenters. The van der Waals surface area contributed by atoms with Crippen LogP contribution < -0.4 is 4.72 Å². The Labute approximate surface area is 209 Å². The molecule has 0 saturated carbocycles.